The Bertz CT molecular complexity index is 933. The zero-order valence-corrected chi connectivity index (χ0v) is 13.7. The van der Waals surface area contributed by atoms with Gasteiger partial charge in [-0.3, -0.25) is 4.57 Å². The second kappa shape index (κ2) is 6.18. The minimum absolute atomic E-state index is 0.143. The Morgan fingerprint density at radius 3 is 2.92 bits per heavy atom. The maximum absolute atomic E-state index is 11.1. The minimum Gasteiger partial charge on any atom is -0.464 e. The summed E-state index contributed by atoms with van der Waals surface area (Å²) in [7, 11) is 0. The van der Waals surface area contributed by atoms with Crippen molar-refractivity contribution in [2.75, 3.05) is 0 Å². The van der Waals surface area contributed by atoms with Crippen LogP contribution < -0.4 is 10.1 Å². The van der Waals surface area contributed by atoms with Crippen molar-refractivity contribution in [2.45, 2.75) is 31.8 Å². The standard InChI is InChI=1S/C18H18N4O3/c1-11(21-13-2-3-13)15-9-17(20-10-19-15)25-14-4-5-16-12(8-14)6-7-22(16)18(23)24/h4-11,13,21H,2-3H2,1H3,(H,23,24)/t11-/m0/s1. The van der Waals surface area contributed by atoms with Gasteiger partial charge >= 0.3 is 6.09 Å². The Labute approximate surface area is 144 Å². The first-order valence-corrected chi connectivity index (χ1v) is 8.20. The SMILES string of the molecule is C[C@H](NC1CC1)c1cc(Oc2ccc3c(ccn3C(=O)O)c2)ncn1. The number of rotatable bonds is 5. The molecule has 1 aliphatic carbocycles. The molecule has 1 aliphatic rings. The van der Waals surface area contributed by atoms with E-state index in [1.807, 2.05) is 6.07 Å². The van der Waals surface area contributed by atoms with E-state index in [1.165, 1.54) is 29.9 Å². The van der Waals surface area contributed by atoms with Gasteiger partial charge in [-0.05, 0) is 44.0 Å². The topological polar surface area (TPSA) is 89.3 Å². The third-order valence-electron chi connectivity index (χ3n) is 4.26. The lowest BCUT2D eigenvalue weighted by atomic mass is 10.2. The number of carbonyl (C=O) groups is 1. The van der Waals surface area contributed by atoms with E-state index < -0.39 is 6.09 Å². The lowest BCUT2D eigenvalue weighted by Crippen LogP contribution is -2.21. The van der Waals surface area contributed by atoms with Crippen LogP contribution >= 0.6 is 0 Å². The fourth-order valence-corrected chi connectivity index (χ4v) is 2.81. The van der Waals surface area contributed by atoms with Crippen molar-refractivity contribution in [3.8, 4) is 11.6 Å². The number of nitrogens with zero attached hydrogens (tertiary/aromatic N) is 3. The van der Waals surface area contributed by atoms with E-state index in [0.717, 1.165) is 11.1 Å². The van der Waals surface area contributed by atoms with E-state index in [0.29, 0.717) is 23.2 Å². The fraction of sp³-hybridized carbons (Fsp3) is 0.278. The minimum atomic E-state index is -1.01. The largest absolute Gasteiger partial charge is 0.464 e. The average molecular weight is 338 g/mol. The maximum atomic E-state index is 11.1. The summed E-state index contributed by atoms with van der Waals surface area (Å²) in [5, 5.41) is 13.4. The molecular weight excluding hydrogens is 320 g/mol. The lowest BCUT2D eigenvalue weighted by Gasteiger charge is -2.13. The number of fused-ring (bicyclic) bond motifs is 1. The molecule has 128 valence electrons. The molecule has 1 atom stereocenters. The Balaban J connectivity index is 1.55. The van der Waals surface area contributed by atoms with Crippen molar-refractivity contribution >= 4 is 17.0 Å². The van der Waals surface area contributed by atoms with E-state index in [1.54, 1.807) is 24.3 Å². The molecule has 0 radical (unpaired) electrons. The average Bonchev–Trinajstić information content (AvgIpc) is 3.30. The highest BCUT2D eigenvalue weighted by molar-refractivity contribution is 5.89. The molecule has 0 saturated heterocycles. The number of carboxylic acid groups (broad SMARTS) is 1. The molecule has 3 aromatic rings. The summed E-state index contributed by atoms with van der Waals surface area (Å²) in [6, 6.07) is 9.55. The van der Waals surface area contributed by atoms with Gasteiger partial charge < -0.3 is 15.2 Å². The van der Waals surface area contributed by atoms with Crippen LogP contribution in [0.3, 0.4) is 0 Å². The van der Waals surface area contributed by atoms with Gasteiger partial charge in [0.1, 0.15) is 12.1 Å². The number of hydrogen-bond acceptors (Lipinski definition) is 5. The molecule has 0 bridgehead atoms. The van der Waals surface area contributed by atoms with Crippen LogP contribution in [0.2, 0.25) is 0 Å². The first-order valence-electron chi connectivity index (χ1n) is 8.20. The zero-order chi connectivity index (χ0) is 17.4. The van der Waals surface area contributed by atoms with Crippen LogP contribution in [0.4, 0.5) is 4.79 Å². The van der Waals surface area contributed by atoms with E-state index in [9.17, 15) is 4.79 Å². The molecular formula is C18H18N4O3. The molecule has 0 spiro atoms. The van der Waals surface area contributed by atoms with Crippen LogP contribution in [0.15, 0.2) is 42.9 Å². The Hall–Kier alpha value is -2.93. The van der Waals surface area contributed by atoms with Crippen molar-refractivity contribution < 1.29 is 14.6 Å². The van der Waals surface area contributed by atoms with Crippen molar-refractivity contribution in [1.82, 2.24) is 19.9 Å². The second-order valence-electron chi connectivity index (χ2n) is 6.23. The third kappa shape index (κ3) is 3.32. The smallest absolute Gasteiger partial charge is 0.415 e. The van der Waals surface area contributed by atoms with E-state index in [2.05, 4.69) is 22.2 Å². The third-order valence-corrected chi connectivity index (χ3v) is 4.26. The van der Waals surface area contributed by atoms with Gasteiger partial charge in [-0.2, -0.15) is 0 Å². The zero-order valence-electron chi connectivity index (χ0n) is 13.7. The number of hydrogen-bond donors (Lipinski definition) is 2. The van der Waals surface area contributed by atoms with Gasteiger partial charge in [0, 0.05) is 29.7 Å². The van der Waals surface area contributed by atoms with Crippen LogP contribution in [0.1, 0.15) is 31.5 Å². The van der Waals surface area contributed by atoms with E-state index in [-0.39, 0.29) is 6.04 Å². The van der Waals surface area contributed by atoms with Gasteiger partial charge in [0.25, 0.3) is 0 Å². The Morgan fingerprint density at radius 1 is 1.32 bits per heavy atom. The van der Waals surface area contributed by atoms with Crippen molar-refractivity contribution in [2.24, 2.45) is 0 Å². The number of nitrogens with one attached hydrogen (secondary N) is 1. The van der Waals surface area contributed by atoms with Crippen LogP contribution in [0.25, 0.3) is 10.9 Å². The summed E-state index contributed by atoms with van der Waals surface area (Å²) in [6.45, 7) is 2.07. The number of ether oxygens (including phenoxy) is 1. The molecule has 1 aromatic carbocycles. The highest BCUT2D eigenvalue weighted by Gasteiger charge is 2.24. The molecule has 0 unspecified atom stereocenters. The van der Waals surface area contributed by atoms with E-state index >= 15 is 0 Å². The van der Waals surface area contributed by atoms with Gasteiger partial charge in [-0.1, -0.05) is 0 Å². The number of aromatic nitrogens is 3. The quantitative estimate of drug-likeness (QED) is 0.739. The normalized spacial score (nSPS) is 15.2. The lowest BCUT2D eigenvalue weighted by molar-refractivity contribution is 0.197. The Kier molecular flexibility index (Phi) is 3.85. The second-order valence-corrected chi connectivity index (χ2v) is 6.23. The summed E-state index contributed by atoms with van der Waals surface area (Å²) in [6.07, 6.45) is 4.44. The summed E-state index contributed by atoms with van der Waals surface area (Å²) < 4.78 is 7.01. The van der Waals surface area contributed by atoms with Crippen molar-refractivity contribution in [3.05, 3.63) is 48.5 Å². The van der Waals surface area contributed by atoms with Crippen molar-refractivity contribution in [3.63, 3.8) is 0 Å². The van der Waals surface area contributed by atoms with Gasteiger partial charge in [-0.15, -0.1) is 0 Å². The summed E-state index contributed by atoms with van der Waals surface area (Å²) in [5.74, 6) is 1.06. The monoisotopic (exact) mass is 338 g/mol. The molecule has 1 fully saturated rings. The van der Waals surface area contributed by atoms with Gasteiger partial charge in [0.2, 0.25) is 5.88 Å². The van der Waals surface area contributed by atoms with Gasteiger partial charge in [0.15, 0.2) is 0 Å². The summed E-state index contributed by atoms with van der Waals surface area (Å²) in [4.78, 5) is 19.6. The molecule has 1 saturated carbocycles. The van der Waals surface area contributed by atoms with Crippen LogP contribution in [0, 0.1) is 0 Å². The van der Waals surface area contributed by atoms with Crippen LogP contribution in [-0.2, 0) is 0 Å². The highest BCUT2D eigenvalue weighted by Crippen LogP contribution is 2.27. The molecule has 7 nitrogen and oxygen atoms in total. The molecule has 2 N–H and O–H groups in total. The molecule has 0 amide bonds. The highest BCUT2D eigenvalue weighted by atomic mass is 16.5. The van der Waals surface area contributed by atoms with Gasteiger partial charge in [0.05, 0.1) is 11.2 Å². The molecule has 4 rings (SSSR count). The molecule has 0 aliphatic heterocycles. The first-order chi connectivity index (χ1) is 12.1. The van der Waals surface area contributed by atoms with Gasteiger partial charge in [-0.25, -0.2) is 14.8 Å². The maximum Gasteiger partial charge on any atom is 0.415 e. The summed E-state index contributed by atoms with van der Waals surface area (Å²) in [5.41, 5.74) is 1.50. The molecule has 2 heterocycles. The first kappa shape index (κ1) is 15.6. The predicted octanol–water partition coefficient (Wildman–Crippen LogP) is 3.56. The molecule has 2 aromatic heterocycles. The van der Waals surface area contributed by atoms with Crippen LogP contribution in [0.5, 0.6) is 11.6 Å². The summed E-state index contributed by atoms with van der Waals surface area (Å²) >= 11 is 0. The molecule has 25 heavy (non-hydrogen) atoms. The number of benzene rings is 1. The fourth-order valence-electron chi connectivity index (χ4n) is 2.81. The van der Waals surface area contributed by atoms with Crippen molar-refractivity contribution in [1.29, 1.82) is 0 Å². The van der Waals surface area contributed by atoms with E-state index in [4.69, 9.17) is 9.84 Å². The molecule has 7 heteroatoms. The predicted molar refractivity (Wildman–Crippen MR) is 92.0 cm³/mol. The Morgan fingerprint density at radius 2 is 2.16 bits per heavy atom. The van der Waals surface area contributed by atoms with Crippen LogP contribution in [-0.4, -0.2) is 31.8 Å².